The number of hydrogen-bond donors (Lipinski definition) is 0. The van der Waals surface area contributed by atoms with Crippen LogP contribution in [-0.2, 0) is 4.12 Å². The molecule has 0 aromatic rings. The zero-order chi connectivity index (χ0) is 9.61. The summed E-state index contributed by atoms with van der Waals surface area (Å²) in [5, 5.41) is 0. The average Bonchev–Trinajstić information content (AvgIpc) is 2.04. The number of nitrogens with zero attached hydrogens (tertiary/aromatic N) is 1. The van der Waals surface area contributed by atoms with E-state index < -0.39 is 8.48 Å². The van der Waals surface area contributed by atoms with Gasteiger partial charge in [0.15, 0.2) is 0 Å². The summed E-state index contributed by atoms with van der Waals surface area (Å²) in [5.41, 5.74) is 0. The second kappa shape index (κ2) is 5.91. The maximum atomic E-state index is 5.38. The van der Waals surface area contributed by atoms with Gasteiger partial charge in [0, 0.05) is 0 Å². The summed E-state index contributed by atoms with van der Waals surface area (Å²) in [6.07, 6.45) is 2.40. The summed E-state index contributed by atoms with van der Waals surface area (Å²) < 4.78 is 7.85. The molecular formula is C8H20NOSi2. The van der Waals surface area contributed by atoms with Crippen molar-refractivity contribution in [3.63, 3.8) is 0 Å². The van der Waals surface area contributed by atoms with Gasteiger partial charge in [0.1, 0.15) is 0 Å². The lowest BCUT2D eigenvalue weighted by Crippen LogP contribution is -2.51. The summed E-state index contributed by atoms with van der Waals surface area (Å²) >= 11 is 0. The minimum atomic E-state index is -1.60. The number of hydrogen-bond acceptors (Lipinski definition) is 2. The van der Waals surface area contributed by atoms with Gasteiger partial charge in [-0.2, -0.15) is 0 Å². The maximum Gasteiger partial charge on any atom is 0.254 e. The van der Waals surface area contributed by atoms with Crippen LogP contribution >= 0.6 is 0 Å². The molecule has 0 spiro atoms. The first-order valence-electron chi connectivity index (χ1n) is 4.68. The van der Waals surface area contributed by atoms with E-state index in [0.717, 1.165) is 13.1 Å². The molecule has 0 unspecified atom stereocenters. The predicted octanol–water partition coefficient (Wildman–Crippen LogP) is 1.91. The van der Waals surface area contributed by atoms with Gasteiger partial charge in [-0.25, -0.2) is 0 Å². The van der Waals surface area contributed by atoms with Crippen LogP contribution in [0.15, 0.2) is 0 Å². The topological polar surface area (TPSA) is 12.5 Å². The van der Waals surface area contributed by atoms with Gasteiger partial charge >= 0.3 is 0 Å². The van der Waals surface area contributed by atoms with Crippen molar-refractivity contribution in [3.05, 3.63) is 0 Å². The molecule has 0 saturated carbocycles. The Kier molecular flexibility index (Phi) is 6.08. The van der Waals surface area contributed by atoms with E-state index in [1.165, 1.54) is 12.8 Å². The third-order valence-corrected chi connectivity index (χ3v) is 5.97. The Labute approximate surface area is 81.0 Å². The van der Waals surface area contributed by atoms with Crippen LogP contribution < -0.4 is 0 Å². The smallest absolute Gasteiger partial charge is 0.254 e. The Hall–Kier alpha value is 0.354. The molecule has 3 radical (unpaired) electrons. The average molecular weight is 202 g/mol. The third-order valence-electron chi connectivity index (χ3n) is 2.00. The van der Waals surface area contributed by atoms with Gasteiger partial charge in [-0.1, -0.05) is 13.8 Å². The zero-order valence-corrected chi connectivity index (χ0v) is 10.7. The zero-order valence-electron chi connectivity index (χ0n) is 8.68. The van der Waals surface area contributed by atoms with Crippen LogP contribution in [0.4, 0.5) is 0 Å². The van der Waals surface area contributed by atoms with E-state index in [4.69, 9.17) is 4.12 Å². The number of rotatable bonds is 6. The van der Waals surface area contributed by atoms with Crippen molar-refractivity contribution in [3.8, 4) is 0 Å². The molecule has 0 aliphatic heterocycles. The van der Waals surface area contributed by atoms with E-state index in [1.54, 1.807) is 0 Å². The lowest BCUT2D eigenvalue weighted by molar-refractivity contribution is 0.358. The SMILES string of the molecule is CCCN(CCC)[Si](C)(C)O[Si]. The maximum absolute atomic E-state index is 5.38. The minimum absolute atomic E-state index is 1.15. The molecule has 4 heteroatoms. The summed E-state index contributed by atoms with van der Waals surface area (Å²) in [4.78, 5) is 0. The molecule has 0 N–H and O–H groups in total. The Morgan fingerprint density at radius 2 is 1.58 bits per heavy atom. The van der Waals surface area contributed by atoms with Crippen LogP contribution in [0.1, 0.15) is 26.7 Å². The molecule has 0 bridgehead atoms. The first-order valence-corrected chi connectivity index (χ1v) is 7.94. The Balaban J connectivity index is 4.07. The molecule has 71 valence electrons. The molecule has 0 fully saturated rings. The predicted molar refractivity (Wildman–Crippen MR) is 56.5 cm³/mol. The first-order chi connectivity index (χ1) is 5.58. The summed E-state index contributed by atoms with van der Waals surface area (Å²) in [6.45, 7) is 11.1. The van der Waals surface area contributed by atoms with Crippen LogP contribution in [0.2, 0.25) is 13.1 Å². The highest BCUT2D eigenvalue weighted by atomic mass is 28.4. The Morgan fingerprint density at radius 1 is 1.17 bits per heavy atom. The van der Waals surface area contributed by atoms with E-state index in [-0.39, 0.29) is 0 Å². The molecule has 0 heterocycles. The molecule has 0 amide bonds. The minimum Gasteiger partial charge on any atom is -0.445 e. The fourth-order valence-electron chi connectivity index (χ4n) is 1.25. The van der Waals surface area contributed by atoms with Crippen LogP contribution in [0.3, 0.4) is 0 Å². The highest BCUT2D eigenvalue weighted by molar-refractivity contribution is 6.70. The van der Waals surface area contributed by atoms with Crippen molar-refractivity contribution in [1.82, 2.24) is 4.57 Å². The van der Waals surface area contributed by atoms with E-state index in [2.05, 4.69) is 42.0 Å². The Bertz CT molecular complexity index is 114. The monoisotopic (exact) mass is 202 g/mol. The van der Waals surface area contributed by atoms with Crippen molar-refractivity contribution in [2.45, 2.75) is 39.8 Å². The molecule has 0 rings (SSSR count). The van der Waals surface area contributed by atoms with E-state index in [1.807, 2.05) is 0 Å². The second-order valence-electron chi connectivity index (χ2n) is 3.54. The van der Waals surface area contributed by atoms with Crippen molar-refractivity contribution >= 4 is 19.0 Å². The first kappa shape index (κ1) is 12.4. The van der Waals surface area contributed by atoms with Crippen LogP contribution in [-0.4, -0.2) is 36.6 Å². The lowest BCUT2D eigenvalue weighted by Gasteiger charge is -2.34. The van der Waals surface area contributed by atoms with Gasteiger partial charge in [0.05, 0.1) is 0 Å². The Morgan fingerprint density at radius 3 is 1.83 bits per heavy atom. The van der Waals surface area contributed by atoms with E-state index >= 15 is 0 Å². The van der Waals surface area contributed by atoms with E-state index in [9.17, 15) is 0 Å². The van der Waals surface area contributed by atoms with Gasteiger partial charge in [-0.15, -0.1) is 0 Å². The molecule has 0 aromatic carbocycles. The molecule has 0 aromatic heterocycles. The van der Waals surface area contributed by atoms with Gasteiger partial charge in [-0.05, 0) is 39.0 Å². The second-order valence-corrected chi connectivity index (χ2v) is 7.88. The van der Waals surface area contributed by atoms with Gasteiger partial charge < -0.3 is 8.68 Å². The lowest BCUT2D eigenvalue weighted by atomic mass is 10.4. The third kappa shape index (κ3) is 3.84. The van der Waals surface area contributed by atoms with E-state index in [0.29, 0.717) is 0 Å². The fourth-order valence-corrected chi connectivity index (χ4v) is 3.30. The van der Waals surface area contributed by atoms with Crippen molar-refractivity contribution in [2.75, 3.05) is 13.1 Å². The van der Waals surface area contributed by atoms with Crippen molar-refractivity contribution < 1.29 is 4.12 Å². The summed E-state index contributed by atoms with van der Waals surface area (Å²) in [6, 6.07) is 0. The van der Waals surface area contributed by atoms with Gasteiger partial charge in [0.2, 0.25) is 10.5 Å². The van der Waals surface area contributed by atoms with Crippen LogP contribution in [0.5, 0.6) is 0 Å². The highest BCUT2D eigenvalue weighted by Crippen LogP contribution is 2.11. The highest BCUT2D eigenvalue weighted by Gasteiger charge is 2.28. The quantitative estimate of drug-likeness (QED) is 0.610. The van der Waals surface area contributed by atoms with Crippen LogP contribution in [0.25, 0.3) is 0 Å². The molecule has 0 saturated heterocycles. The molecule has 0 aliphatic rings. The molecule has 0 atom stereocenters. The molecule has 0 aliphatic carbocycles. The summed E-state index contributed by atoms with van der Waals surface area (Å²) in [5.74, 6) is 0. The largest absolute Gasteiger partial charge is 0.445 e. The van der Waals surface area contributed by atoms with Crippen molar-refractivity contribution in [1.29, 1.82) is 0 Å². The standard InChI is InChI=1S/C8H20NOSi2/c1-5-7-9(8-6-2)12(3,4)10-11/h5-8H2,1-4H3. The van der Waals surface area contributed by atoms with Gasteiger partial charge in [-0.3, -0.25) is 0 Å². The molecular weight excluding hydrogens is 182 g/mol. The fraction of sp³-hybridized carbons (Fsp3) is 1.00. The molecule has 2 nitrogen and oxygen atoms in total. The van der Waals surface area contributed by atoms with Gasteiger partial charge in [0.25, 0.3) is 8.48 Å². The van der Waals surface area contributed by atoms with Crippen LogP contribution in [0, 0.1) is 0 Å². The van der Waals surface area contributed by atoms with Crippen molar-refractivity contribution in [2.24, 2.45) is 0 Å². The normalized spacial score (nSPS) is 12.5. The summed E-state index contributed by atoms with van der Waals surface area (Å²) in [7, 11) is 1.58. The molecule has 12 heavy (non-hydrogen) atoms.